The highest BCUT2D eigenvalue weighted by Crippen LogP contribution is 2.52. The van der Waals surface area contributed by atoms with Crippen molar-refractivity contribution in [3.05, 3.63) is 309 Å². The van der Waals surface area contributed by atoms with E-state index in [0.29, 0.717) is 17.5 Å². The summed E-state index contributed by atoms with van der Waals surface area (Å²) in [5.74, 6) is 1.76. The highest BCUT2D eigenvalue weighted by atomic mass is 15.1. The summed E-state index contributed by atoms with van der Waals surface area (Å²) in [6.45, 7) is 0. The molecule has 0 fully saturated rings. The van der Waals surface area contributed by atoms with Gasteiger partial charge in [-0.25, -0.2) is 15.0 Å². The molecule has 0 radical (unpaired) electrons. The zero-order valence-electron chi connectivity index (χ0n) is 47.6. The van der Waals surface area contributed by atoms with Crippen molar-refractivity contribution in [1.29, 1.82) is 0 Å². The van der Waals surface area contributed by atoms with Gasteiger partial charge in [0.25, 0.3) is 0 Å². The number of fused-ring (bicyclic) bond motifs is 15. The van der Waals surface area contributed by atoms with Crippen LogP contribution in [0.5, 0.6) is 0 Å². The first kappa shape index (κ1) is 49.5. The lowest BCUT2D eigenvalue weighted by Gasteiger charge is -2.17. The maximum atomic E-state index is 5.47. The highest BCUT2D eigenvalue weighted by molar-refractivity contribution is 6.40. The van der Waals surface area contributed by atoms with E-state index >= 15 is 0 Å². The number of rotatable bonds is 9. The van der Waals surface area contributed by atoms with E-state index in [1.165, 1.54) is 21.5 Å². The Balaban J connectivity index is 1.08. The molecule has 0 bridgehead atoms. The molecule has 18 rings (SSSR count). The molecule has 410 valence electrons. The van der Waals surface area contributed by atoms with Crippen molar-refractivity contribution in [2.45, 2.75) is 0 Å². The molecule has 0 aliphatic heterocycles. The maximum absolute atomic E-state index is 5.47. The molecule has 0 N–H and O–H groups in total. The third kappa shape index (κ3) is 7.67. The summed E-state index contributed by atoms with van der Waals surface area (Å²) in [6.07, 6.45) is 0. The van der Waals surface area contributed by atoms with Gasteiger partial charge in [0.05, 0.1) is 44.1 Å². The van der Waals surface area contributed by atoms with Gasteiger partial charge in [-0.3, -0.25) is 0 Å². The van der Waals surface area contributed by atoms with Gasteiger partial charge in [-0.1, -0.05) is 224 Å². The van der Waals surface area contributed by atoms with E-state index in [1.54, 1.807) is 0 Å². The van der Waals surface area contributed by atoms with Gasteiger partial charge in [-0.05, 0) is 107 Å². The Morgan fingerprint density at radius 1 is 0.182 bits per heavy atom. The Morgan fingerprint density at radius 2 is 0.489 bits per heavy atom. The molecule has 0 aliphatic carbocycles. The van der Waals surface area contributed by atoms with Crippen LogP contribution in [-0.2, 0) is 0 Å². The van der Waals surface area contributed by atoms with Crippen LogP contribution in [0.2, 0.25) is 0 Å². The summed E-state index contributed by atoms with van der Waals surface area (Å²) < 4.78 is 10.0. The van der Waals surface area contributed by atoms with E-state index in [1.807, 2.05) is 36.4 Å². The molecule has 0 amide bonds. The normalized spacial score (nSPS) is 11.9. The van der Waals surface area contributed by atoms with E-state index in [9.17, 15) is 0 Å². The fourth-order valence-electron chi connectivity index (χ4n) is 14.0. The molecule has 88 heavy (non-hydrogen) atoms. The second-order valence-electron chi connectivity index (χ2n) is 22.7. The fraction of sp³-hybridized carbons (Fsp3) is 0. The predicted octanol–water partition coefficient (Wildman–Crippen LogP) is 20.6. The predicted molar refractivity (Wildman–Crippen MR) is 364 cm³/mol. The number of hydrogen-bond acceptors (Lipinski definition) is 3. The molecule has 18 aromatic rings. The molecule has 0 aliphatic rings. The Bertz CT molecular complexity index is 5640. The molecule has 0 saturated heterocycles. The quantitative estimate of drug-likeness (QED) is 0.145. The minimum atomic E-state index is 0.564. The first-order valence-electron chi connectivity index (χ1n) is 29.9. The summed E-state index contributed by atoms with van der Waals surface area (Å²) in [5, 5.41) is 9.27. The first-order chi connectivity index (χ1) is 43.7. The average Bonchev–Trinajstić information content (AvgIpc) is 1.56. The lowest BCUT2D eigenvalue weighted by Crippen LogP contribution is -2.04. The molecular weight excluding hydrogens is 1070 g/mol. The molecule has 0 atom stereocenters. The zero-order chi connectivity index (χ0) is 57.8. The summed E-state index contributed by atoms with van der Waals surface area (Å²) in [6, 6.07) is 112. The standard InChI is InChI=1S/C81H51N7/c1-7-25-52(26-8-1)56-43-45-71-66(49-56)74-77(87(71)60-35-17-6-18-36-60)73-65-39-21-24-42-70(65)86(59-33-15-5-16-34-59)76(73)75-67-50-57(53-27-9-2-10-28-53)44-46-72(67)88(78(74)75)62-48-58(47-61(51-62)85-68-40-22-19-37-63(68)64-38-20-23-41-69(64)85)81-83-79(54-29-11-3-12-30-54)82-80(84-81)55-31-13-4-14-32-55/h1-51H. The SMILES string of the molecule is c1ccc(-c2ccc3c(c2)c2c(c4c5ccccc5n(-c5ccccc5)c4c4c5cc(-c6ccccc6)ccc5n(-c5cc(-c6nc(-c7ccccc7)nc(-c7ccccc7)n6)cc(-n6c7ccccc7c7ccccc76)c5)c42)n3-c2ccccc2)cc1. The van der Waals surface area contributed by atoms with Crippen LogP contribution >= 0.6 is 0 Å². The number of aromatic nitrogens is 7. The topological polar surface area (TPSA) is 58.4 Å². The smallest absolute Gasteiger partial charge is 0.164 e. The minimum absolute atomic E-state index is 0.564. The molecule has 7 nitrogen and oxygen atoms in total. The lowest BCUT2D eigenvalue weighted by atomic mass is 9.98. The van der Waals surface area contributed by atoms with Crippen molar-refractivity contribution < 1.29 is 0 Å². The summed E-state index contributed by atoms with van der Waals surface area (Å²) in [7, 11) is 0. The van der Waals surface area contributed by atoms with E-state index < -0.39 is 0 Å². The molecule has 0 unspecified atom stereocenters. The van der Waals surface area contributed by atoms with Gasteiger partial charge in [0.1, 0.15) is 0 Å². The van der Waals surface area contributed by atoms with Gasteiger partial charge in [0.15, 0.2) is 17.5 Å². The van der Waals surface area contributed by atoms with Gasteiger partial charge >= 0.3 is 0 Å². The molecular formula is C81H51N7. The van der Waals surface area contributed by atoms with Crippen molar-refractivity contribution in [3.8, 4) is 79.2 Å². The van der Waals surface area contributed by atoms with Gasteiger partial charge in [0.2, 0.25) is 0 Å². The Hall–Kier alpha value is -11.9. The monoisotopic (exact) mass is 1120 g/mol. The van der Waals surface area contributed by atoms with E-state index in [2.05, 4.69) is 291 Å². The number of benzene rings is 13. The van der Waals surface area contributed by atoms with Crippen molar-refractivity contribution in [2.24, 2.45) is 0 Å². The third-order valence-corrected chi connectivity index (χ3v) is 17.7. The molecule has 13 aromatic carbocycles. The van der Waals surface area contributed by atoms with Crippen LogP contribution < -0.4 is 0 Å². The second-order valence-corrected chi connectivity index (χ2v) is 22.7. The van der Waals surface area contributed by atoms with Gasteiger partial charge in [0, 0.05) is 82.5 Å². The van der Waals surface area contributed by atoms with Gasteiger partial charge in [-0.15, -0.1) is 0 Å². The van der Waals surface area contributed by atoms with Crippen molar-refractivity contribution in [1.82, 2.24) is 33.2 Å². The molecule has 7 heteroatoms. The summed E-state index contributed by atoms with van der Waals surface area (Å²) in [4.78, 5) is 16.1. The zero-order valence-corrected chi connectivity index (χ0v) is 47.6. The highest BCUT2D eigenvalue weighted by Gasteiger charge is 2.30. The Labute approximate surface area is 506 Å². The van der Waals surface area contributed by atoms with Crippen LogP contribution in [-0.4, -0.2) is 33.2 Å². The van der Waals surface area contributed by atoms with Crippen LogP contribution in [0.4, 0.5) is 0 Å². The summed E-state index contributed by atoms with van der Waals surface area (Å²) >= 11 is 0. The molecule has 0 saturated carbocycles. The largest absolute Gasteiger partial charge is 0.309 e. The van der Waals surface area contributed by atoms with Crippen LogP contribution in [0.1, 0.15) is 0 Å². The first-order valence-corrected chi connectivity index (χ1v) is 29.9. The minimum Gasteiger partial charge on any atom is -0.309 e. The Morgan fingerprint density at radius 3 is 0.920 bits per heavy atom. The number of para-hydroxylation sites is 5. The molecule has 5 aromatic heterocycles. The second kappa shape index (κ2) is 19.8. The van der Waals surface area contributed by atoms with Crippen molar-refractivity contribution in [3.63, 3.8) is 0 Å². The Kier molecular flexibility index (Phi) is 11.2. The van der Waals surface area contributed by atoms with Crippen molar-refractivity contribution in [2.75, 3.05) is 0 Å². The van der Waals surface area contributed by atoms with Gasteiger partial charge < -0.3 is 18.3 Å². The maximum Gasteiger partial charge on any atom is 0.164 e. The third-order valence-electron chi connectivity index (χ3n) is 17.7. The number of hydrogen-bond donors (Lipinski definition) is 0. The van der Waals surface area contributed by atoms with E-state index in [4.69, 9.17) is 15.0 Å². The summed E-state index contributed by atoms with van der Waals surface area (Å²) in [5.41, 5.74) is 20.2. The van der Waals surface area contributed by atoms with Crippen molar-refractivity contribution >= 4 is 87.2 Å². The lowest BCUT2D eigenvalue weighted by molar-refractivity contribution is 1.07. The van der Waals surface area contributed by atoms with Crippen LogP contribution in [0.3, 0.4) is 0 Å². The average molecular weight is 1120 g/mol. The van der Waals surface area contributed by atoms with Crippen LogP contribution in [0.25, 0.3) is 166 Å². The molecule has 0 spiro atoms. The van der Waals surface area contributed by atoms with E-state index in [-0.39, 0.29) is 0 Å². The van der Waals surface area contributed by atoms with Crippen LogP contribution in [0.15, 0.2) is 309 Å². The number of nitrogens with zero attached hydrogens (tertiary/aromatic N) is 7. The van der Waals surface area contributed by atoms with E-state index in [0.717, 1.165) is 127 Å². The molecule has 5 heterocycles. The fourth-order valence-corrected chi connectivity index (χ4v) is 14.0. The van der Waals surface area contributed by atoms with Gasteiger partial charge in [-0.2, -0.15) is 0 Å². The van der Waals surface area contributed by atoms with Crippen LogP contribution in [0, 0.1) is 0 Å².